The molecular weight excluding hydrogens is 472 g/mol. The van der Waals surface area contributed by atoms with Gasteiger partial charge in [-0.2, -0.15) is 0 Å². The fourth-order valence-corrected chi connectivity index (χ4v) is 4.90. The molecule has 36 heavy (non-hydrogen) atoms. The van der Waals surface area contributed by atoms with Gasteiger partial charge in [0.2, 0.25) is 0 Å². The van der Waals surface area contributed by atoms with Crippen LogP contribution in [0.3, 0.4) is 0 Å². The summed E-state index contributed by atoms with van der Waals surface area (Å²) in [5.41, 5.74) is -0.0739. The second-order valence-electron chi connectivity index (χ2n) is 8.26. The number of carbonyl (C=O) groups is 3. The van der Waals surface area contributed by atoms with Crippen LogP contribution in [0.2, 0.25) is 0 Å². The van der Waals surface area contributed by atoms with Crippen molar-refractivity contribution in [2.24, 2.45) is 0 Å². The van der Waals surface area contributed by atoms with Gasteiger partial charge < -0.3 is 5.32 Å². The van der Waals surface area contributed by atoms with E-state index in [2.05, 4.69) is 5.32 Å². The smallest absolute Gasteiger partial charge is 0.300 e. The van der Waals surface area contributed by atoms with Crippen molar-refractivity contribution in [2.45, 2.75) is 5.54 Å². The Morgan fingerprint density at radius 1 is 0.694 bits per heavy atom. The van der Waals surface area contributed by atoms with Gasteiger partial charge in [-0.1, -0.05) is 109 Å². The average Bonchev–Trinajstić information content (AvgIpc) is 3.17. The summed E-state index contributed by atoms with van der Waals surface area (Å²) in [4.78, 5) is 43.1. The molecule has 5 rings (SSSR count). The number of benzene rings is 4. The fraction of sp³-hybridized carbons (Fsp3) is 0.0333. The van der Waals surface area contributed by atoms with Crippen molar-refractivity contribution >= 4 is 45.6 Å². The van der Waals surface area contributed by atoms with Gasteiger partial charge in [0.15, 0.2) is 5.54 Å². The number of nitrogens with one attached hydrogen (secondary N) is 1. The molecule has 4 aromatic rings. The topological polar surface area (TPSA) is 66.5 Å². The number of hydrogen-bond acceptors (Lipinski definition) is 3. The summed E-state index contributed by atoms with van der Waals surface area (Å²) in [7, 11) is 0. The van der Waals surface area contributed by atoms with Gasteiger partial charge in [0.05, 0.1) is 10.6 Å². The summed E-state index contributed by atoms with van der Waals surface area (Å²) in [6, 6.07) is 35.2. The summed E-state index contributed by atoms with van der Waals surface area (Å²) in [6.45, 7) is 0. The molecule has 0 saturated carbocycles. The molecule has 1 heterocycles. The highest BCUT2D eigenvalue weighted by Gasteiger charge is 2.62. The predicted molar refractivity (Wildman–Crippen MR) is 141 cm³/mol. The number of para-hydroxylation sites is 2. The molecule has 1 aliphatic heterocycles. The first-order chi connectivity index (χ1) is 17.5. The number of amides is 2. The molecule has 0 spiro atoms. The molecule has 1 saturated heterocycles. The third-order valence-electron chi connectivity index (χ3n) is 6.13. The number of anilines is 2. The quantitative estimate of drug-likeness (QED) is 0.283. The Labute approximate surface area is 213 Å². The summed E-state index contributed by atoms with van der Waals surface area (Å²) in [5, 5.41) is 2.96. The molecule has 1 fully saturated rings. The lowest BCUT2D eigenvalue weighted by molar-refractivity contribution is -0.132. The SMILES string of the molecule is O=C1C(=O)N(c2ccccc2)C(C(=O)Nc2ccccc2)(c2ccccc2)C1=C(Cl)c1ccccc1. The number of carbonyl (C=O) groups excluding carboxylic acids is 3. The zero-order valence-electron chi connectivity index (χ0n) is 19.1. The lowest BCUT2D eigenvalue weighted by Crippen LogP contribution is -2.53. The Kier molecular flexibility index (Phi) is 6.23. The average molecular weight is 493 g/mol. The molecule has 1 atom stereocenters. The van der Waals surface area contributed by atoms with Gasteiger partial charge >= 0.3 is 5.91 Å². The van der Waals surface area contributed by atoms with Gasteiger partial charge in [-0.05, 0) is 35.4 Å². The molecular formula is C30H21ClN2O3. The Bertz CT molecular complexity index is 1460. The van der Waals surface area contributed by atoms with Crippen molar-refractivity contribution in [2.75, 3.05) is 10.2 Å². The largest absolute Gasteiger partial charge is 0.323 e. The maximum atomic E-state index is 14.4. The van der Waals surface area contributed by atoms with Crippen LogP contribution in [0.15, 0.2) is 127 Å². The second kappa shape index (κ2) is 9.64. The van der Waals surface area contributed by atoms with Gasteiger partial charge in [-0.15, -0.1) is 0 Å². The Balaban J connectivity index is 1.86. The number of nitrogens with zero attached hydrogens (tertiary/aromatic N) is 1. The number of hydrogen-bond donors (Lipinski definition) is 1. The number of rotatable bonds is 5. The minimum Gasteiger partial charge on any atom is -0.323 e. The zero-order chi connectivity index (χ0) is 25.1. The first-order valence-corrected chi connectivity index (χ1v) is 11.7. The fourth-order valence-electron chi connectivity index (χ4n) is 4.55. The first-order valence-electron chi connectivity index (χ1n) is 11.4. The molecule has 176 valence electrons. The van der Waals surface area contributed by atoms with Crippen LogP contribution >= 0.6 is 11.6 Å². The van der Waals surface area contributed by atoms with Crippen LogP contribution in [0.5, 0.6) is 0 Å². The second-order valence-corrected chi connectivity index (χ2v) is 8.63. The summed E-state index contributed by atoms with van der Waals surface area (Å²) < 4.78 is 0. The normalized spacial score (nSPS) is 18.8. The van der Waals surface area contributed by atoms with Crippen molar-refractivity contribution in [1.29, 1.82) is 0 Å². The third kappa shape index (κ3) is 3.80. The maximum Gasteiger partial charge on any atom is 0.300 e. The third-order valence-corrected chi connectivity index (χ3v) is 6.54. The number of Topliss-reactive ketones (excluding diaryl/α,β-unsaturated/α-hetero) is 1. The Morgan fingerprint density at radius 3 is 1.78 bits per heavy atom. The predicted octanol–water partition coefficient (Wildman–Crippen LogP) is 5.79. The van der Waals surface area contributed by atoms with E-state index in [1.54, 1.807) is 109 Å². The molecule has 1 N–H and O–H groups in total. The molecule has 0 bridgehead atoms. The van der Waals surface area contributed by atoms with Crippen LogP contribution in [0, 0.1) is 0 Å². The molecule has 2 amide bonds. The van der Waals surface area contributed by atoms with Crippen molar-refractivity contribution in [3.8, 4) is 0 Å². The highest BCUT2D eigenvalue weighted by atomic mass is 35.5. The van der Waals surface area contributed by atoms with Gasteiger partial charge in [0, 0.05) is 11.4 Å². The van der Waals surface area contributed by atoms with Crippen molar-refractivity contribution in [3.63, 3.8) is 0 Å². The first kappa shape index (κ1) is 23.3. The van der Waals surface area contributed by atoms with E-state index < -0.39 is 23.1 Å². The molecule has 5 nitrogen and oxygen atoms in total. The van der Waals surface area contributed by atoms with Crippen LogP contribution in [0.25, 0.3) is 5.03 Å². The highest BCUT2D eigenvalue weighted by Crippen LogP contribution is 2.49. The van der Waals surface area contributed by atoms with E-state index in [0.29, 0.717) is 22.5 Å². The molecule has 0 aromatic heterocycles. The van der Waals surface area contributed by atoms with Crippen molar-refractivity contribution in [3.05, 3.63) is 138 Å². The van der Waals surface area contributed by atoms with Crippen LogP contribution in [0.1, 0.15) is 11.1 Å². The van der Waals surface area contributed by atoms with Crippen LogP contribution in [-0.4, -0.2) is 17.6 Å². The standard InChI is InChI=1S/C30H21ClN2O3/c31-26(21-13-5-1-6-14-21)25-27(34)28(35)33(24-19-11-4-12-20-24)30(25,22-15-7-2-8-16-22)29(36)32-23-17-9-3-10-18-23/h1-20H,(H,32,36). The molecule has 1 unspecified atom stereocenters. The van der Waals surface area contributed by atoms with Gasteiger partial charge in [-0.25, -0.2) is 0 Å². The molecule has 0 radical (unpaired) electrons. The number of ketones is 1. The van der Waals surface area contributed by atoms with E-state index in [9.17, 15) is 14.4 Å². The molecule has 1 aliphatic rings. The van der Waals surface area contributed by atoms with Gasteiger partial charge in [0.1, 0.15) is 0 Å². The summed E-state index contributed by atoms with van der Waals surface area (Å²) >= 11 is 6.91. The Morgan fingerprint density at radius 2 is 1.19 bits per heavy atom. The Hall–Kier alpha value is -4.48. The lowest BCUT2D eigenvalue weighted by Gasteiger charge is -2.38. The molecule has 6 heteroatoms. The monoisotopic (exact) mass is 492 g/mol. The summed E-state index contributed by atoms with van der Waals surface area (Å²) in [5.74, 6) is -2.25. The van der Waals surface area contributed by atoms with Crippen LogP contribution in [-0.2, 0) is 19.9 Å². The highest BCUT2D eigenvalue weighted by molar-refractivity contribution is 6.61. The zero-order valence-corrected chi connectivity index (χ0v) is 19.9. The molecule has 0 aliphatic carbocycles. The maximum absolute atomic E-state index is 14.4. The van der Waals surface area contributed by atoms with Crippen molar-refractivity contribution < 1.29 is 14.4 Å². The summed E-state index contributed by atoms with van der Waals surface area (Å²) in [6.07, 6.45) is 0. The van der Waals surface area contributed by atoms with E-state index in [4.69, 9.17) is 11.6 Å². The van der Waals surface area contributed by atoms with Gasteiger partial charge in [-0.3, -0.25) is 19.3 Å². The van der Waals surface area contributed by atoms with E-state index in [1.807, 2.05) is 12.1 Å². The van der Waals surface area contributed by atoms with E-state index in [-0.39, 0.29) is 10.6 Å². The number of halogens is 1. The van der Waals surface area contributed by atoms with Crippen molar-refractivity contribution in [1.82, 2.24) is 0 Å². The minimum absolute atomic E-state index is 0.0412. The lowest BCUT2D eigenvalue weighted by atomic mass is 9.80. The van der Waals surface area contributed by atoms with E-state index >= 15 is 0 Å². The van der Waals surface area contributed by atoms with Crippen LogP contribution in [0.4, 0.5) is 11.4 Å². The van der Waals surface area contributed by atoms with Gasteiger partial charge in [0.25, 0.3) is 11.7 Å². The van der Waals surface area contributed by atoms with Crippen LogP contribution < -0.4 is 10.2 Å². The van der Waals surface area contributed by atoms with E-state index in [1.165, 1.54) is 4.90 Å². The molecule has 4 aromatic carbocycles. The minimum atomic E-state index is -1.86. The van der Waals surface area contributed by atoms with E-state index in [0.717, 1.165) is 0 Å².